The van der Waals surface area contributed by atoms with Gasteiger partial charge in [0.05, 0.1) is 12.3 Å². The van der Waals surface area contributed by atoms with Gasteiger partial charge in [-0.1, -0.05) is 12.1 Å². The molecule has 0 bridgehead atoms. The summed E-state index contributed by atoms with van der Waals surface area (Å²) in [5.41, 5.74) is 3.46. The molecule has 2 aromatic rings. The van der Waals surface area contributed by atoms with E-state index in [0.29, 0.717) is 13.2 Å². The first-order valence-corrected chi connectivity index (χ1v) is 7.54. The Balaban J connectivity index is 1.85. The fourth-order valence-electron chi connectivity index (χ4n) is 2.19. The van der Waals surface area contributed by atoms with E-state index in [1.807, 2.05) is 23.9 Å². The van der Waals surface area contributed by atoms with Gasteiger partial charge in [0.2, 0.25) is 0 Å². The molecule has 1 aromatic carbocycles. The van der Waals surface area contributed by atoms with Gasteiger partial charge in [0.1, 0.15) is 12.4 Å². The van der Waals surface area contributed by atoms with E-state index < -0.39 is 0 Å². The van der Waals surface area contributed by atoms with E-state index in [4.69, 9.17) is 9.47 Å². The van der Waals surface area contributed by atoms with Crippen LogP contribution in [0, 0.1) is 6.92 Å². The molecule has 0 saturated carbocycles. The average Bonchev–Trinajstić information content (AvgIpc) is 2.84. The maximum absolute atomic E-state index is 5.57. The van der Waals surface area contributed by atoms with Crippen LogP contribution in [0.15, 0.2) is 30.3 Å². The van der Waals surface area contributed by atoms with Crippen molar-refractivity contribution in [3.05, 3.63) is 47.3 Å². The molecule has 0 saturated heterocycles. The van der Waals surface area contributed by atoms with E-state index in [9.17, 15) is 0 Å². The van der Waals surface area contributed by atoms with Crippen LogP contribution in [0.4, 0.5) is 0 Å². The molecule has 1 heterocycles. The van der Waals surface area contributed by atoms with Crippen molar-refractivity contribution in [1.29, 1.82) is 0 Å². The highest BCUT2D eigenvalue weighted by Gasteiger charge is 2.07. The maximum atomic E-state index is 5.57. The number of hydrogen-bond acceptors (Lipinski definition) is 4. The zero-order valence-corrected chi connectivity index (χ0v) is 13.8. The highest BCUT2D eigenvalue weighted by Crippen LogP contribution is 2.18. The Morgan fingerprint density at radius 3 is 2.55 bits per heavy atom. The number of nitrogens with zero attached hydrogens (tertiary/aromatic N) is 2. The van der Waals surface area contributed by atoms with E-state index in [2.05, 4.69) is 42.5 Å². The summed E-state index contributed by atoms with van der Waals surface area (Å²) in [5, 5.41) is 7.94. The number of hydrogen-bond donors (Lipinski definition) is 1. The van der Waals surface area contributed by atoms with Crippen LogP contribution in [0.3, 0.4) is 0 Å². The molecule has 120 valence electrons. The van der Waals surface area contributed by atoms with Crippen molar-refractivity contribution in [2.24, 2.45) is 7.05 Å². The quantitative estimate of drug-likeness (QED) is 0.762. The molecule has 0 radical (unpaired) electrons. The Morgan fingerprint density at radius 2 is 1.95 bits per heavy atom. The lowest BCUT2D eigenvalue weighted by atomic mass is 10.1. The zero-order chi connectivity index (χ0) is 15.9. The van der Waals surface area contributed by atoms with Crippen LogP contribution < -0.4 is 10.1 Å². The first kappa shape index (κ1) is 16.5. The number of rotatable bonds is 8. The predicted octanol–water partition coefficient (Wildman–Crippen LogP) is 2.60. The molecule has 5 nitrogen and oxygen atoms in total. The van der Waals surface area contributed by atoms with Crippen molar-refractivity contribution in [3.8, 4) is 5.75 Å². The summed E-state index contributed by atoms with van der Waals surface area (Å²) >= 11 is 0. The molecule has 1 atom stereocenters. The Labute approximate surface area is 132 Å². The molecule has 2 rings (SSSR count). The van der Waals surface area contributed by atoms with Crippen LogP contribution in [0.25, 0.3) is 0 Å². The number of nitrogens with one attached hydrogen (secondary N) is 1. The molecule has 0 fully saturated rings. The van der Waals surface area contributed by atoms with Gasteiger partial charge in [-0.25, -0.2) is 0 Å². The molecular weight excluding hydrogens is 278 g/mol. The third kappa shape index (κ3) is 4.58. The molecular formula is C17H25N3O2. The largest absolute Gasteiger partial charge is 0.491 e. The van der Waals surface area contributed by atoms with Crippen LogP contribution in [0.5, 0.6) is 5.75 Å². The Hall–Kier alpha value is -1.85. The fraction of sp³-hybridized carbons (Fsp3) is 0.471. The Bertz CT molecular complexity index is 559. The van der Waals surface area contributed by atoms with Crippen LogP contribution in [-0.4, -0.2) is 30.1 Å². The molecule has 0 amide bonds. The Morgan fingerprint density at radius 1 is 1.23 bits per heavy atom. The van der Waals surface area contributed by atoms with Gasteiger partial charge in [0, 0.05) is 32.4 Å². The monoisotopic (exact) mass is 303 g/mol. The van der Waals surface area contributed by atoms with Crippen LogP contribution in [-0.2, 0) is 18.3 Å². The third-order valence-corrected chi connectivity index (χ3v) is 3.69. The molecule has 0 aliphatic heterocycles. The number of methoxy groups -OCH3 is 1. The van der Waals surface area contributed by atoms with Crippen molar-refractivity contribution in [1.82, 2.24) is 15.1 Å². The van der Waals surface area contributed by atoms with Crippen LogP contribution >= 0.6 is 0 Å². The summed E-state index contributed by atoms with van der Waals surface area (Å²) < 4.78 is 12.4. The highest BCUT2D eigenvalue weighted by atomic mass is 16.5. The number of aromatic nitrogens is 2. The van der Waals surface area contributed by atoms with E-state index >= 15 is 0 Å². The maximum Gasteiger partial charge on any atom is 0.119 e. The lowest BCUT2D eigenvalue weighted by Crippen LogP contribution is -2.18. The van der Waals surface area contributed by atoms with Crippen molar-refractivity contribution in [2.45, 2.75) is 26.4 Å². The highest BCUT2D eigenvalue weighted by molar-refractivity contribution is 5.29. The minimum absolute atomic E-state index is 0.260. The summed E-state index contributed by atoms with van der Waals surface area (Å²) in [6.07, 6.45) is 0. The smallest absolute Gasteiger partial charge is 0.119 e. The minimum Gasteiger partial charge on any atom is -0.491 e. The van der Waals surface area contributed by atoms with Crippen LogP contribution in [0.2, 0.25) is 0 Å². The molecule has 0 aliphatic rings. The van der Waals surface area contributed by atoms with E-state index in [0.717, 1.165) is 18.0 Å². The van der Waals surface area contributed by atoms with Gasteiger partial charge in [-0.2, -0.15) is 5.10 Å². The fourth-order valence-corrected chi connectivity index (χ4v) is 2.19. The van der Waals surface area contributed by atoms with E-state index in [1.165, 1.54) is 11.3 Å². The number of ether oxygens (including phenoxy) is 2. The molecule has 0 spiro atoms. The summed E-state index contributed by atoms with van der Waals surface area (Å²) in [6, 6.07) is 10.5. The predicted molar refractivity (Wildman–Crippen MR) is 87.0 cm³/mol. The van der Waals surface area contributed by atoms with Crippen LogP contribution in [0.1, 0.15) is 29.9 Å². The topological polar surface area (TPSA) is 48.3 Å². The average molecular weight is 303 g/mol. The van der Waals surface area contributed by atoms with Gasteiger partial charge in [-0.05, 0) is 37.6 Å². The number of benzene rings is 1. The second-order valence-electron chi connectivity index (χ2n) is 5.41. The standard InChI is InChI=1S/C17H25N3O2/c1-13-11-16(19-20(13)3)12-18-14(2)15-5-7-17(8-6-15)22-10-9-21-4/h5-8,11,14,18H,9-10,12H2,1-4H3. The van der Waals surface area contributed by atoms with Gasteiger partial charge in [0.15, 0.2) is 0 Å². The molecule has 1 aromatic heterocycles. The summed E-state index contributed by atoms with van der Waals surface area (Å²) in [6.45, 7) is 6.14. The first-order chi connectivity index (χ1) is 10.6. The van der Waals surface area contributed by atoms with Gasteiger partial charge < -0.3 is 14.8 Å². The molecule has 1 unspecified atom stereocenters. The summed E-state index contributed by atoms with van der Waals surface area (Å²) in [5.74, 6) is 0.869. The normalized spacial score (nSPS) is 12.4. The lowest BCUT2D eigenvalue weighted by molar-refractivity contribution is 0.146. The zero-order valence-electron chi connectivity index (χ0n) is 13.8. The van der Waals surface area contributed by atoms with E-state index in [1.54, 1.807) is 7.11 Å². The molecule has 5 heteroatoms. The molecule has 22 heavy (non-hydrogen) atoms. The SMILES string of the molecule is COCCOc1ccc(C(C)NCc2cc(C)n(C)n2)cc1. The third-order valence-electron chi connectivity index (χ3n) is 3.69. The Kier molecular flexibility index (Phi) is 5.98. The van der Waals surface area contributed by atoms with Gasteiger partial charge >= 0.3 is 0 Å². The summed E-state index contributed by atoms with van der Waals surface area (Å²) in [4.78, 5) is 0. The van der Waals surface area contributed by atoms with Gasteiger partial charge in [0.25, 0.3) is 0 Å². The van der Waals surface area contributed by atoms with Gasteiger partial charge in [-0.15, -0.1) is 0 Å². The molecule has 0 aliphatic carbocycles. The summed E-state index contributed by atoms with van der Waals surface area (Å²) in [7, 11) is 3.63. The van der Waals surface area contributed by atoms with Crippen molar-refractivity contribution in [3.63, 3.8) is 0 Å². The van der Waals surface area contributed by atoms with Gasteiger partial charge in [-0.3, -0.25) is 4.68 Å². The second kappa shape index (κ2) is 7.96. The van der Waals surface area contributed by atoms with Crippen molar-refractivity contribution in [2.75, 3.05) is 20.3 Å². The lowest BCUT2D eigenvalue weighted by Gasteiger charge is -2.14. The number of aryl methyl sites for hydroxylation is 2. The van der Waals surface area contributed by atoms with Crippen molar-refractivity contribution >= 4 is 0 Å². The molecule has 1 N–H and O–H groups in total. The van der Waals surface area contributed by atoms with Crippen molar-refractivity contribution < 1.29 is 9.47 Å². The second-order valence-corrected chi connectivity index (χ2v) is 5.41. The first-order valence-electron chi connectivity index (χ1n) is 7.54. The minimum atomic E-state index is 0.260. The van der Waals surface area contributed by atoms with E-state index in [-0.39, 0.29) is 6.04 Å².